The summed E-state index contributed by atoms with van der Waals surface area (Å²) < 4.78 is 31.9. The molecule has 24 heavy (non-hydrogen) atoms. The van der Waals surface area contributed by atoms with Crippen LogP contribution in [0.3, 0.4) is 0 Å². The van der Waals surface area contributed by atoms with Crippen LogP contribution in [0.1, 0.15) is 24.4 Å². The lowest BCUT2D eigenvalue weighted by Gasteiger charge is -2.33. The maximum atomic E-state index is 12.3. The third-order valence-electron chi connectivity index (χ3n) is 5.92. The fourth-order valence-corrected chi connectivity index (χ4v) is 5.95. The molecule has 1 aromatic carbocycles. The first-order chi connectivity index (χ1) is 11.5. The molecular weight excluding hydrogens is 324 g/mol. The number of hydrogen-bond donors (Lipinski definition) is 0. The maximum absolute atomic E-state index is 12.3. The second-order valence-electron chi connectivity index (χ2n) is 7.41. The van der Waals surface area contributed by atoms with Gasteiger partial charge in [-0.2, -0.15) is 4.31 Å². The second kappa shape index (κ2) is 6.41. The fraction of sp³-hybridized carbons (Fsp3) is 0.667. The van der Waals surface area contributed by atoms with Gasteiger partial charge < -0.3 is 4.74 Å². The number of likely N-dealkylation sites (tertiary alicyclic amines) is 1. The fourth-order valence-electron chi connectivity index (χ4n) is 4.79. The molecule has 3 atom stereocenters. The third-order valence-corrected chi connectivity index (χ3v) is 7.15. The van der Waals surface area contributed by atoms with E-state index in [9.17, 15) is 8.42 Å². The minimum absolute atomic E-state index is 0.0176. The van der Waals surface area contributed by atoms with Gasteiger partial charge in [0, 0.05) is 38.9 Å². The van der Waals surface area contributed by atoms with E-state index in [1.165, 1.54) is 6.26 Å². The Balaban J connectivity index is 1.59. The summed E-state index contributed by atoms with van der Waals surface area (Å²) in [5.74, 6) is 0.831. The van der Waals surface area contributed by atoms with Gasteiger partial charge in [0.2, 0.25) is 10.0 Å². The molecule has 0 amide bonds. The van der Waals surface area contributed by atoms with Crippen LogP contribution in [0.5, 0.6) is 0 Å². The predicted molar refractivity (Wildman–Crippen MR) is 93.1 cm³/mol. The van der Waals surface area contributed by atoms with Crippen LogP contribution in [0, 0.1) is 11.8 Å². The Morgan fingerprint density at radius 1 is 1.04 bits per heavy atom. The molecule has 3 heterocycles. The second-order valence-corrected chi connectivity index (χ2v) is 9.34. The normalized spacial score (nSPS) is 33.0. The van der Waals surface area contributed by atoms with Gasteiger partial charge in [0.25, 0.3) is 0 Å². The van der Waals surface area contributed by atoms with Crippen molar-refractivity contribution < 1.29 is 13.2 Å². The average Bonchev–Trinajstić information content (AvgIpc) is 3.14. The highest BCUT2D eigenvalue weighted by Crippen LogP contribution is 2.46. The Morgan fingerprint density at radius 2 is 1.75 bits per heavy atom. The summed E-state index contributed by atoms with van der Waals surface area (Å²) in [5, 5.41) is 0. The summed E-state index contributed by atoms with van der Waals surface area (Å²) >= 11 is 0. The lowest BCUT2D eigenvalue weighted by Crippen LogP contribution is -2.41. The van der Waals surface area contributed by atoms with Crippen molar-refractivity contribution in [2.24, 2.45) is 11.8 Å². The molecule has 0 radical (unpaired) electrons. The van der Waals surface area contributed by atoms with E-state index in [1.807, 2.05) is 18.2 Å². The zero-order valence-corrected chi connectivity index (χ0v) is 15.0. The first kappa shape index (κ1) is 16.5. The van der Waals surface area contributed by atoms with Crippen LogP contribution < -0.4 is 0 Å². The number of nitrogens with zero attached hydrogens (tertiary/aromatic N) is 2. The van der Waals surface area contributed by atoms with Crippen molar-refractivity contribution in [2.75, 3.05) is 39.1 Å². The van der Waals surface area contributed by atoms with Gasteiger partial charge in [-0.05, 0) is 30.2 Å². The van der Waals surface area contributed by atoms with Crippen molar-refractivity contribution >= 4 is 10.0 Å². The predicted octanol–water partition coefficient (Wildman–Crippen LogP) is 1.73. The molecule has 0 bridgehead atoms. The van der Waals surface area contributed by atoms with Crippen molar-refractivity contribution in [3.8, 4) is 0 Å². The van der Waals surface area contributed by atoms with Gasteiger partial charge in [-0.3, -0.25) is 4.90 Å². The van der Waals surface area contributed by atoms with Crippen LogP contribution in [-0.2, 0) is 14.8 Å². The molecule has 4 rings (SSSR count). The van der Waals surface area contributed by atoms with Crippen molar-refractivity contribution in [1.82, 2.24) is 9.21 Å². The van der Waals surface area contributed by atoms with Crippen molar-refractivity contribution in [3.63, 3.8) is 0 Å². The monoisotopic (exact) mass is 350 g/mol. The van der Waals surface area contributed by atoms with E-state index in [0.717, 1.165) is 44.7 Å². The third kappa shape index (κ3) is 3.01. The van der Waals surface area contributed by atoms with Crippen molar-refractivity contribution in [2.45, 2.75) is 24.9 Å². The van der Waals surface area contributed by atoms with E-state index in [4.69, 9.17) is 4.74 Å². The van der Waals surface area contributed by atoms with Crippen LogP contribution >= 0.6 is 0 Å². The molecule has 3 aliphatic rings. The molecule has 0 aliphatic carbocycles. The van der Waals surface area contributed by atoms with Crippen molar-refractivity contribution in [1.29, 1.82) is 0 Å². The molecule has 3 fully saturated rings. The first-order valence-electron chi connectivity index (χ1n) is 8.87. The Bertz CT molecular complexity index is 673. The summed E-state index contributed by atoms with van der Waals surface area (Å²) in [6.45, 7) is 4.39. The van der Waals surface area contributed by atoms with Gasteiger partial charge in [-0.1, -0.05) is 30.3 Å². The highest BCUT2D eigenvalue weighted by atomic mass is 32.2. The van der Waals surface area contributed by atoms with Gasteiger partial charge in [-0.15, -0.1) is 0 Å². The minimum Gasteiger partial charge on any atom is -0.381 e. The first-order valence-corrected chi connectivity index (χ1v) is 10.7. The number of ether oxygens (including phenoxy) is 1. The Kier molecular flexibility index (Phi) is 4.41. The zero-order valence-electron chi connectivity index (χ0n) is 14.2. The van der Waals surface area contributed by atoms with Gasteiger partial charge in [0.1, 0.15) is 0 Å². The summed E-state index contributed by atoms with van der Waals surface area (Å²) in [6.07, 6.45) is 3.55. The summed E-state index contributed by atoms with van der Waals surface area (Å²) in [5.41, 5.74) is 1.13. The Labute approximate surface area is 144 Å². The molecule has 1 aromatic rings. The number of benzene rings is 1. The summed E-state index contributed by atoms with van der Waals surface area (Å²) in [6, 6.07) is 10.7. The lowest BCUT2D eigenvalue weighted by atomic mass is 9.90. The molecule has 3 saturated heterocycles. The summed E-state index contributed by atoms with van der Waals surface area (Å²) in [4.78, 5) is 2.59. The lowest BCUT2D eigenvalue weighted by molar-refractivity contribution is 0.0384. The summed E-state index contributed by atoms with van der Waals surface area (Å²) in [7, 11) is -3.19. The van der Waals surface area contributed by atoms with E-state index in [1.54, 1.807) is 4.31 Å². The number of hydrogen-bond acceptors (Lipinski definition) is 4. The van der Waals surface area contributed by atoms with Gasteiger partial charge in [0.15, 0.2) is 0 Å². The molecular formula is C18H26N2O3S. The number of sulfonamides is 1. The molecule has 6 heteroatoms. The topological polar surface area (TPSA) is 49.9 Å². The van der Waals surface area contributed by atoms with Crippen LogP contribution in [0.2, 0.25) is 0 Å². The largest absolute Gasteiger partial charge is 0.381 e. The van der Waals surface area contributed by atoms with Crippen LogP contribution in [0.15, 0.2) is 30.3 Å². The van der Waals surface area contributed by atoms with E-state index in [-0.39, 0.29) is 6.04 Å². The minimum atomic E-state index is -3.19. The molecule has 0 saturated carbocycles. The molecule has 0 unspecified atom stereocenters. The molecule has 132 valence electrons. The standard InChI is InChI=1S/C18H26N2O3S/c1-24(21,22)20-12-15-11-19(16-7-9-23-10-8-16)13-17(15)18(20)14-5-3-2-4-6-14/h2-6,15-18H,7-13H2,1H3/t15-,17-,18+/m1/s1. The van der Waals surface area contributed by atoms with E-state index in [2.05, 4.69) is 17.0 Å². The Hall–Kier alpha value is -0.950. The molecule has 0 spiro atoms. The van der Waals surface area contributed by atoms with E-state index >= 15 is 0 Å². The van der Waals surface area contributed by atoms with Gasteiger partial charge in [0.05, 0.1) is 12.3 Å². The maximum Gasteiger partial charge on any atom is 0.211 e. The molecule has 0 aromatic heterocycles. The number of rotatable bonds is 3. The Morgan fingerprint density at radius 3 is 2.42 bits per heavy atom. The van der Waals surface area contributed by atoms with Crippen LogP contribution in [0.4, 0.5) is 0 Å². The smallest absolute Gasteiger partial charge is 0.211 e. The highest BCUT2D eigenvalue weighted by molar-refractivity contribution is 7.88. The number of fused-ring (bicyclic) bond motifs is 1. The highest BCUT2D eigenvalue weighted by Gasteiger charge is 2.51. The van der Waals surface area contributed by atoms with Crippen molar-refractivity contribution in [3.05, 3.63) is 35.9 Å². The zero-order chi connectivity index (χ0) is 16.7. The molecule has 0 N–H and O–H groups in total. The van der Waals surface area contributed by atoms with E-state index < -0.39 is 10.0 Å². The van der Waals surface area contributed by atoms with Gasteiger partial charge in [-0.25, -0.2) is 8.42 Å². The van der Waals surface area contributed by atoms with E-state index in [0.29, 0.717) is 24.4 Å². The quantitative estimate of drug-likeness (QED) is 0.833. The molecule has 3 aliphatic heterocycles. The van der Waals surface area contributed by atoms with Gasteiger partial charge >= 0.3 is 0 Å². The molecule has 5 nitrogen and oxygen atoms in total. The average molecular weight is 350 g/mol. The van der Waals surface area contributed by atoms with Crippen LogP contribution in [0.25, 0.3) is 0 Å². The SMILES string of the molecule is CS(=O)(=O)N1C[C@H]2CN(C3CCOCC3)C[C@H]2[C@@H]1c1ccccc1. The van der Waals surface area contributed by atoms with Crippen LogP contribution in [-0.4, -0.2) is 62.8 Å².